The van der Waals surface area contributed by atoms with Crippen molar-refractivity contribution in [2.75, 3.05) is 32.7 Å². The van der Waals surface area contributed by atoms with Gasteiger partial charge in [-0.3, -0.25) is 9.80 Å². The molecule has 3 rings (SSSR count). The van der Waals surface area contributed by atoms with E-state index in [9.17, 15) is 8.78 Å². The van der Waals surface area contributed by atoms with Crippen LogP contribution >= 0.6 is 0 Å². The second kappa shape index (κ2) is 9.23. The maximum absolute atomic E-state index is 12.5. The maximum Gasteiger partial charge on any atom is 0.251 e. The van der Waals surface area contributed by atoms with Crippen LogP contribution in [0.15, 0.2) is 22.7 Å². The summed E-state index contributed by atoms with van der Waals surface area (Å²) in [5, 5.41) is 3.97. The smallest absolute Gasteiger partial charge is 0.251 e. The van der Waals surface area contributed by atoms with Crippen molar-refractivity contribution in [1.29, 1.82) is 0 Å². The Labute approximate surface area is 158 Å². The molecule has 0 aliphatic carbocycles. The number of aromatic nitrogens is 2. The first-order valence-corrected chi connectivity index (χ1v) is 9.23. The summed E-state index contributed by atoms with van der Waals surface area (Å²) in [6.07, 6.45) is -1.43. The van der Waals surface area contributed by atoms with Gasteiger partial charge in [-0.25, -0.2) is 8.78 Å². The van der Waals surface area contributed by atoms with Gasteiger partial charge in [0.25, 0.3) is 6.43 Å². The second-order valence-corrected chi connectivity index (χ2v) is 7.04. The Morgan fingerprint density at radius 2 is 1.78 bits per heavy atom. The third kappa shape index (κ3) is 6.25. The molecule has 6 nitrogen and oxygen atoms in total. The Bertz CT molecular complexity index is 718. The molecule has 1 fully saturated rings. The molecule has 0 amide bonds. The molecule has 2 heterocycles. The molecule has 8 heteroatoms. The van der Waals surface area contributed by atoms with Gasteiger partial charge in [-0.1, -0.05) is 11.2 Å². The first-order valence-electron chi connectivity index (χ1n) is 9.23. The fraction of sp³-hybridized carbons (Fsp3) is 0.579. The van der Waals surface area contributed by atoms with Gasteiger partial charge in [-0.05, 0) is 56.6 Å². The molecule has 1 aliphatic heterocycles. The van der Waals surface area contributed by atoms with Crippen molar-refractivity contribution in [2.45, 2.75) is 39.8 Å². The van der Waals surface area contributed by atoms with Gasteiger partial charge in [0.2, 0.25) is 11.7 Å². The van der Waals surface area contributed by atoms with E-state index < -0.39 is 6.43 Å². The van der Waals surface area contributed by atoms with Crippen LogP contribution in [0.25, 0.3) is 0 Å². The minimum atomic E-state index is -2.28. The zero-order valence-electron chi connectivity index (χ0n) is 15.8. The summed E-state index contributed by atoms with van der Waals surface area (Å²) in [4.78, 5) is 8.35. The molecule has 148 valence electrons. The molecule has 1 aromatic carbocycles. The molecular formula is C19H26F2N4O2. The van der Waals surface area contributed by atoms with E-state index >= 15 is 0 Å². The van der Waals surface area contributed by atoms with Crippen LogP contribution in [0.1, 0.15) is 29.3 Å². The zero-order valence-corrected chi connectivity index (χ0v) is 15.8. The van der Waals surface area contributed by atoms with E-state index in [0.29, 0.717) is 37.9 Å². The summed E-state index contributed by atoms with van der Waals surface area (Å²) < 4.78 is 36.1. The van der Waals surface area contributed by atoms with E-state index in [4.69, 9.17) is 9.26 Å². The van der Waals surface area contributed by atoms with Crippen LogP contribution in [0.5, 0.6) is 5.75 Å². The van der Waals surface area contributed by atoms with Crippen LogP contribution in [-0.2, 0) is 13.2 Å². The molecule has 1 aliphatic rings. The molecule has 2 aromatic rings. The average Bonchev–Trinajstić information content (AvgIpc) is 2.92. The van der Waals surface area contributed by atoms with Gasteiger partial charge in [-0.15, -0.1) is 0 Å². The Hall–Kier alpha value is -2.06. The maximum atomic E-state index is 12.5. The fourth-order valence-electron chi connectivity index (χ4n) is 3.33. The van der Waals surface area contributed by atoms with Crippen LogP contribution in [0.4, 0.5) is 8.78 Å². The predicted molar refractivity (Wildman–Crippen MR) is 96.9 cm³/mol. The summed E-state index contributed by atoms with van der Waals surface area (Å²) in [7, 11) is 0. The number of benzene rings is 1. The Kier molecular flexibility index (Phi) is 6.73. The largest absolute Gasteiger partial charge is 0.485 e. The molecule has 0 N–H and O–H groups in total. The topological polar surface area (TPSA) is 54.6 Å². The highest BCUT2D eigenvalue weighted by Gasteiger charge is 2.19. The van der Waals surface area contributed by atoms with Gasteiger partial charge in [0.1, 0.15) is 5.75 Å². The van der Waals surface area contributed by atoms with Crippen molar-refractivity contribution < 1.29 is 18.0 Å². The third-order valence-electron chi connectivity index (χ3n) is 4.51. The minimum absolute atomic E-state index is 0.158. The van der Waals surface area contributed by atoms with Gasteiger partial charge in [-0.2, -0.15) is 4.98 Å². The zero-order chi connectivity index (χ0) is 19.2. The summed E-state index contributed by atoms with van der Waals surface area (Å²) >= 11 is 0. The summed E-state index contributed by atoms with van der Waals surface area (Å²) in [6.45, 7) is 7.52. The lowest BCUT2D eigenvalue weighted by Gasteiger charge is -2.20. The van der Waals surface area contributed by atoms with Gasteiger partial charge < -0.3 is 9.26 Å². The fourth-order valence-corrected chi connectivity index (χ4v) is 3.33. The lowest BCUT2D eigenvalue weighted by Crippen LogP contribution is -2.33. The van der Waals surface area contributed by atoms with Gasteiger partial charge in [0.05, 0.1) is 13.1 Å². The summed E-state index contributed by atoms with van der Waals surface area (Å²) in [5.41, 5.74) is 2.28. The van der Waals surface area contributed by atoms with Crippen LogP contribution in [0, 0.1) is 13.8 Å². The number of alkyl halides is 2. The number of hydrogen-bond donors (Lipinski definition) is 0. The van der Waals surface area contributed by atoms with E-state index in [2.05, 4.69) is 21.1 Å². The van der Waals surface area contributed by atoms with Gasteiger partial charge in [0.15, 0.2) is 6.61 Å². The number of nitrogens with zero attached hydrogens (tertiary/aromatic N) is 4. The highest BCUT2D eigenvalue weighted by Crippen LogP contribution is 2.17. The second-order valence-electron chi connectivity index (χ2n) is 7.04. The number of rotatable bonds is 7. The van der Waals surface area contributed by atoms with Crippen LogP contribution < -0.4 is 4.74 Å². The molecule has 0 unspecified atom stereocenters. The van der Waals surface area contributed by atoms with Gasteiger partial charge in [0, 0.05) is 13.1 Å². The van der Waals surface area contributed by atoms with Crippen LogP contribution in [0.3, 0.4) is 0 Å². The van der Waals surface area contributed by atoms with Crippen molar-refractivity contribution >= 4 is 0 Å². The number of halogens is 2. The minimum Gasteiger partial charge on any atom is -0.485 e. The molecule has 27 heavy (non-hydrogen) atoms. The lowest BCUT2D eigenvalue weighted by molar-refractivity contribution is 0.0894. The number of ether oxygens (including phenoxy) is 1. The monoisotopic (exact) mass is 380 g/mol. The molecule has 0 spiro atoms. The Morgan fingerprint density at radius 3 is 2.52 bits per heavy atom. The average molecular weight is 380 g/mol. The lowest BCUT2D eigenvalue weighted by atomic mass is 10.1. The Balaban J connectivity index is 1.49. The first-order chi connectivity index (χ1) is 13.0. The normalized spacial score (nSPS) is 16.6. The van der Waals surface area contributed by atoms with Crippen molar-refractivity contribution in [1.82, 2.24) is 19.9 Å². The predicted octanol–water partition coefficient (Wildman–Crippen LogP) is 3.04. The number of aryl methyl sites for hydroxylation is 2. The summed E-state index contributed by atoms with van der Waals surface area (Å²) in [6, 6.07) is 6.02. The van der Waals surface area contributed by atoms with E-state index in [1.165, 1.54) is 0 Å². The van der Waals surface area contributed by atoms with E-state index in [1.54, 1.807) is 0 Å². The SMILES string of the molecule is Cc1cc(C)cc(OCc2noc(CN3CCCN(CC(F)F)CC3)n2)c1. The van der Waals surface area contributed by atoms with E-state index in [-0.39, 0.29) is 13.2 Å². The quantitative estimate of drug-likeness (QED) is 0.736. The molecule has 1 aromatic heterocycles. The Morgan fingerprint density at radius 1 is 1.07 bits per heavy atom. The van der Waals surface area contributed by atoms with Crippen molar-refractivity contribution in [3.63, 3.8) is 0 Å². The number of hydrogen-bond acceptors (Lipinski definition) is 6. The van der Waals surface area contributed by atoms with Crippen molar-refractivity contribution in [2.24, 2.45) is 0 Å². The molecule has 0 saturated carbocycles. The standard InChI is InChI=1S/C19H26F2N4O2/c1-14-8-15(2)10-16(9-14)26-13-18-22-19(27-23-18)12-25-5-3-4-24(6-7-25)11-17(20)21/h8-10,17H,3-7,11-13H2,1-2H3. The molecule has 0 atom stereocenters. The highest BCUT2D eigenvalue weighted by molar-refractivity contribution is 5.33. The van der Waals surface area contributed by atoms with Crippen molar-refractivity contribution in [3.8, 4) is 5.75 Å². The first kappa shape index (κ1) is 19.7. The van der Waals surface area contributed by atoms with Crippen LogP contribution in [0.2, 0.25) is 0 Å². The van der Waals surface area contributed by atoms with Gasteiger partial charge >= 0.3 is 0 Å². The highest BCUT2D eigenvalue weighted by atomic mass is 19.3. The summed E-state index contributed by atoms with van der Waals surface area (Å²) in [5.74, 6) is 1.81. The molecule has 0 radical (unpaired) electrons. The van der Waals surface area contributed by atoms with Crippen LogP contribution in [-0.4, -0.2) is 59.1 Å². The molecule has 1 saturated heterocycles. The van der Waals surface area contributed by atoms with E-state index in [0.717, 1.165) is 29.8 Å². The van der Waals surface area contributed by atoms with Crippen molar-refractivity contribution in [3.05, 3.63) is 41.0 Å². The molecule has 0 bridgehead atoms. The third-order valence-corrected chi connectivity index (χ3v) is 4.51. The van der Waals surface area contributed by atoms with E-state index in [1.807, 2.05) is 30.9 Å². The molecular weight excluding hydrogens is 354 g/mol.